The quantitative estimate of drug-likeness (QED) is 0.261. The van der Waals surface area contributed by atoms with Crippen LogP contribution in [0.25, 0.3) is 0 Å². The van der Waals surface area contributed by atoms with Gasteiger partial charge in [-0.3, -0.25) is 0 Å². The van der Waals surface area contributed by atoms with Gasteiger partial charge in [0, 0.05) is 0 Å². The molecule has 0 aliphatic carbocycles. The van der Waals surface area contributed by atoms with E-state index in [9.17, 15) is 9.59 Å². The Balaban J connectivity index is 2.60. The van der Waals surface area contributed by atoms with Crippen LogP contribution in [-0.4, -0.2) is 24.1 Å². The summed E-state index contributed by atoms with van der Waals surface area (Å²) in [5.74, 6) is -0.905. The number of esters is 2. The molecule has 0 bridgehead atoms. The summed E-state index contributed by atoms with van der Waals surface area (Å²) in [6, 6.07) is 6.75. The summed E-state index contributed by atoms with van der Waals surface area (Å²) in [5, 5.41) is 0. The van der Waals surface area contributed by atoms with Gasteiger partial charge in [0.15, 0.2) is 0 Å². The number of hydrogen-bond acceptors (Lipinski definition) is 4. The van der Waals surface area contributed by atoms with Crippen LogP contribution in [0.15, 0.2) is 24.3 Å². The second-order valence-corrected chi connectivity index (χ2v) is 7.68. The third-order valence-electron chi connectivity index (χ3n) is 4.91. The molecule has 0 radical (unpaired) electrons. The van der Waals surface area contributed by atoms with Gasteiger partial charge in [-0.2, -0.15) is 0 Å². The van der Waals surface area contributed by atoms with Crippen LogP contribution in [-0.2, 0) is 9.47 Å². The topological polar surface area (TPSA) is 52.6 Å². The van der Waals surface area contributed by atoms with E-state index < -0.39 is 11.9 Å². The van der Waals surface area contributed by atoms with Crippen molar-refractivity contribution < 1.29 is 19.1 Å². The molecule has 0 amide bonds. The number of rotatable bonds is 14. The zero-order valence-corrected chi connectivity index (χ0v) is 18.2. The molecule has 0 aliphatic rings. The summed E-state index contributed by atoms with van der Waals surface area (Å²) >= 11 is 0. The maximum absolute atomic E-state index is 12.6. The van der Waals surface area contributed by atoms with Crippen LogP contribution in [0.4, 0.5) is 0 Å². The summed E-state index contributed by atoms with van der Waals surface area (Å²) in [6.45, 7) is 8.16. The molecule has 0 saturated carbocycles. The van der Waals surface area contributed by atoms with Crippen LogP contribution in [0.1, 0.15) is 113 Å². The number of benzene rings is 1. The van der Waals surface area contributed by atoms with Crippen LogP contribution in [0, 0.1) is 0 Å². The fraction of sp³-hybridized carbons (Fsp3) is 0.667. The van der Waals surface area contributed by atoms with E-state index in [2.05, 4.69) is 13.8 Å². The maximum Gasteiger partial charge on any atom is 0.339 e. The maximum atomic E-state index is 12.6. The Morgan fingerprint density at radius 1 is 0.714 bits per heavy atom. The van der Waals surface area contributed by atoms with Gasteiger partial charge in [0.05, 0.1) is 23.3 Å². The average molecular weight is 391 g/mol. The van der Waals surface area contributed by atoms with Crippen LogP contribution in [0.3, 0.4) is 0 Å². The lowest BCUT2D eigenvalue weighted by atomic mass is 10.1. The van der Waals surface area contributed by atoms with Gasteiger partial charge in [-0.1, -0.05) is 64.5 Å². The molecule has 0 saturated heterocycles. The van der Waals surface area contributed by atoms with Gasteiger partial charge in [-0.25, -0.2) is 9.59 Å². The molecule has 4 nitrogen and oxygen atoms in total. The van der Waals surface area contributed by atoms with E-state index in [0.717, 1.165) is 38.5 Å². The first kappa shape index (κ1) is 24.2. The van der Waals surface area contributed by atoms with Crippen LogP contribution >= 0.6 is 0 Å². The molecule has 1 aromatic rings. The zero-order chi connectivity index (χ0) is 20.8. The molecular formula is C24H38O4. The van der Waals surface area contributed by atoms with Crippen molar-refractivity contribution >= 4 is 11.9 Å². The first-order chi connectivity index (χ1) is 13.5. The monoisotopic (exact) mass is 390 g/mol. The molecular weight excluding hydrogens is 352 g/mol. The van der Waals surface area contributed by atoms with Crippen LogP contribution < -0.4 is 0 Å². The van der Waals surface area contributed by atoms with Gasteiger partial charge in [-0.05, 0) is 51.7 Å². The minimum atomic E-state index is -0.453. The second kappa shape index (κ2) is 14.2. The van der Waals surface area contributed by atoms with E-state index >= 15 is 0 Å². The normalized spacial score (nSPS) is 13.0. The number of carbonyl (C=O) groups excluding carboxylic acids is 2. The Morgan fingerprint density at radius 2 is 1.11 bits per heavy atom. The fourth-order valence-corrected chi connectivity index (χ4v) is 3.17. The lowest BCUT2D eigenvalue weighted by Crippen LogP contribution is -2.20. The summed E-state index contributed by atoms with van der Waals surface area (Å²) < 4.78 is 11.1. The highest BCUT2D eigenvalue weighted by atomic mass is 16.5. The molecule has 0 fully saturated rings. The summed E-state index contributed by atoms with van der Waals surface area (Å²) in [4.78, 5) is 25.1. The zero-order valence-electron chi connectivity index (χ0n) is 18.2. The largest absolute Gasteiger partial charge is 0.459 e. The van der Waals surface area contributed by atoms with Crippen molar-refractivity contribution in [3.63, 3.8) is 0 Å². The standard InChI is InChI=1S/C24H38O4/c1-5-7-9-11-15-19(3)27-23(25)21-17-13-14-18-22(21)24(26)28-20(4)16-12-10-8-6-2/h13-14,17-20H,5-12,15-16H2,1-4H3/t19-,20+. The van der Waals surface area contributed by atoms with Crippen molar-refractivity contribution in [2.45, 2.75) is 104 Å². The molecule has 0 heterocycles. The smallest absolute Gasteiger partial charge is 0.339 e. The molecule has 0 aromatic heterocycles. The van der Waals surface area contributed by atoms with E-state index in [1.54, 1.807) is 24.3 Å². The predicted octanol–water partition coefficient (Wildman–Crippen LogP) is 6.72. The van der Waals surface area contributed by atoms with Gasteiger partial charge in [0.25, 0.3) is 0 Å². The Bertz CT molecular complexity index is 531. The van der Waals surface area contributed by atoms with Crippen molar-refractivity contribution in [1.82, 2.24) is 0 Å². The van der Waals surface area contributed by atoms with Gasteiger partial charge >= 0.3 is 11.9 Å². The average Bonchev–Trinajstić information content (AvgIpc) is 2.68. The van der Waals surface area contributed by atoms with E-state index in [-0.39, 0.29) is 23.3 Å². The number of hydrogen-bond donors (Lipinski definition) is 0. The third-order valence-corrected chi connectivity index (χ3v) is 4.91. The SMILES string of the molecule is CCCCCC[C@@H](C)OC(=O)c1ccccc1C(=O)O[C@@H](C)CCCCCC. The molecule has 1 aromatic carbocycles. The van der Waals surface area contributed by atoms with Gasteiger partial charge in [0.1, 0.15) is 0 Å². The van der Waals surface area contributed by atoms with E-state index in [1.165, 1.54) is 25.7 Å². The van der Waals surface area contributed by atoms with Crippen LogP contribution in [0.2, 0.25) is 0 Å². The summed E-state index contributed by atoms with van der Waals surface area (Å²) in [5.41, 5.74) is 0.567. The van der Waals surface area contributed by atoms with E-state index in [4.69, 9.17) is 9.47 Å². The molecule has 0 unspecified atom stereocenters. The van der Waals surface area contributed by atoms with Gasteiger partial charge in [0.2, 0.25) is 0 Å². The highest BCUT2D eigenvalue weighted by Crippen LogP contribution is 2.17. The molecule has 158 valence electrons. The first-order valence-corrected chi connectivity index (χ1v) is 11.0. The van der Waals surface area contributed by atoms with E-state index in [1.807, 2.05) is 13.8 Å². The number of unbranched alkanes of at least 4 members (excludes halogenated alkanes) is 6. The minimum absolute atomic E-state index is 0.161. The Morgan fingerprint density at radius 3 is 1.46 bits per heavy atom. The number of ether oxygens (including phenoxy) is 2. The molecule has 2 atom stereocenters. The Kier molecular flexibility index (Phi) is 12.3. The third kappa shape index (κ3) is 9.38. The van der Waals surface area contributed by atoms with Gasteiger partial charge in [-0.15, -0.1) is 0 Å². The molecule has 0 spiro atoms. The van der Waals surface area contributed by atoms with Crippen LogP contribution in [0.5, 0.6) is 0 Å². The lowest BCUT2D eigenvalue weighted by molar-refractivity contribution is 0.0270. The summed E-state index contributed by atoms with van der Waals surface area (Å²) in [6.07, 6.45) is 10.5. The second-order valence-electron chi connectivity index (χ2n) is 7.68. The lowest BCUT2D eigenvalue weighted by Gasteiger charge is -2.16. The highest BCUT2D eigenvalue weighted by Gasteiger charge is 2.21. The fourth-order valence-electron chi connectivity index (χ4n) is 3.17. The summed E-state index contributed by atoms with van der Waals surface area (Å²) in [7, 11) is 0. The molecule has 0 N–H and O–H groups in total. The van der Waals surface area contributed by atoms with Crippen molar-refractivity contribution in [2.75, 3.05) is 0 Å². The van der Waals surface area contributed by atoms with Gasteiger partial charge < -0.3 is 9.47 Å². The first-order valence-electron chi connectivity index (χ1n) is 11.0. The van der Waals surface area contributed by atoms with Crippen molar-refractivity contribution in [3.05, 3.63) is 35.4 Å². The Labute approximate surface area is 171 Å². The number of carbonyl (C=O) groups is 2. The van der Waals surface area contributed by atoms with Crippen molar-refractivity contribution in [3.8, 4) is 0 Å². The molecule has 28 heavy (non-hydrogen) atoms. The van der Waals surface area contributed by atoms with E-state index in [0.29, 0.717) is 0 Å². The Hall–Kier alpha value is -1.84. The van der Waals surface area contributed by atoms with Crippen molar-refractivity contribution in [2.24, 2.45) is 0 Å². The predicted molar refractivity (Wildman–Crippen MR) is 114 cm³/mol. The minimum Gasteiger partial charge on any atom is -0.459 e. The highest BCUT2D eigenvalue weighted by molar-refractivity contribution is 6.03. The molecule has 1 rings (SSSR count). The molecule has 0 aliphatic heterocycles. The van der Waals surface area contributed by atoms with Crippen molar-refractivity contribution in [1.29, 1.82) is 0 Å². The molecule has 4 heteroatoms.